The molecular formula is C8H18ClNO3. The van der Waals surface area contributed by atoms with Crippen molar-refractivity contribution in [3.05, 3.63) is 0 Å². The third-order valence-corrected chi connectivity index (χ3v) is 1.40. The van der Waals surface area contributed by atoms with Crippen LogP contribution in [0.3, 0.4) is 0 Å². The lowest BCUT2D eigenvalue weighted by Gasteiger charge is -2.13. The number of halogens is 1. The average molecular weight is 212 g/mol. The van der Waals surface area contributed by atoms with Crippen molar-refractivity contribution in [1.82, 2.24) is 5.32 Å². The molecule has 0 aromatic rings. The fourth-order valence-electron chi connectivity index (χ4n) is 0.806. The molecule has 0 heterocycles. The van der Waals surface area contributed by atoms with Crippen LogP contribution in [0.25, 0.3) is 0 Å². The van der Waals surface area contributed by atoms with Crippen LogP contribution in [0.2, 0.25) is 0 Å². The number of rotatable bonds is 5. The minimum atomic E-state index is -0.517. The van der Waals surface area contributed by atoms with Crippen LogP contribution in [0, 0.1) is 5.92 Å². The van der Waals surface area contributed by atoms with Crippen molar-refractivity contribution in [2.24, 2.45) is 5.92 Å². The van der Waals surface area contributed by atoms with Gasteiger partial charge in [0.15, 0.2) is 0 Å². The van der Waals surface area contributed by atoms with E-state index in [4.69, 9.17) is 10.2 Å². The fourth-order valence-corrected chi connectivity index (χ4v) is 0.806. The van der Waals surface area contributed by atoms with Crippen molar-refractivity contribution in [1.29, 1.82) is 0 Å². The highest BCUT2D eigenvalue weighted by Crippen LogP contribution is 1.98. The number of hydrogen-bond acceptors (Lipinski definition) is 3. The maximum absolute atomic E-state index is 11.0. The number of carbonyl (C=O) groups is 1. The van der Waals surface area contributed by atoms with Gasteiger partial charge in [0.05, 0.1) is 19.3 Å². The lowest BCUT2D eigenvalue weighted by atomic mass is 10.1. The van der Waals surface area contributed by atoms with Gasteiger partial charge in [-0.1, -0.05) is 13.8 Å². The van der Waals surface area contributed by atoms with E-state index in [9.17, 15) is 4.79 Å². The van der Waals surface area contributed by atoms with Crippen molar-refractivity contribution in [2.75, 3.05) is 13.2 Å². The summed E-state index contributed by atoms with van der Waals surface area (Å²) in [7, 11) is 0. The Morgan fingerprint density at radius 2 is 1.77 bits per heavy atom. The molecular weight excluding hydrogens is 194 g/mol. The summed E-state index contributed by atoms with van der Waals surface area (Å²) >= 11 is 0. The van der Waals surface area contributed by atoms with Gasteiger partial charge in [0.1, 0.15) is 0 Å². The van der Waals surface area contributed by atoms with Crippen LogP contribution < -0.4 is 5.32 Å². The quantitative estimate of drug-likeness (QED) is 0.596. The smallest absolute Gasteiger partial charge is 0.220 e. The van der Waals surface area contributed by atoms with Gasteiger partial charge in [0.25, 0.3) is 0 Å². The number of aliphatic hydroxyl groups is 2. The molecule has 0 aliphatic heterocycles. The lowest BCUT2D eigenvalue weighted by Crippen LogP contribution is -2.40. The van der Waals surface area contributed by atoms with Gasteiger partial charge in [0, 0.05) is 6.42 Å². The molecule has 80 valence electrons. The summed E-state index contributed by atoms with van der Waals surface area (Å²) in [5.41, 5.74) is 0. The number of aliphatic hydroxyl groups excluding tert-OH is 2. The fraction of sp³-hybridized carbons (Fsp3) is 0.875. The van der Waals surface area contributed by atoms with E-state index in [0.717, 1.165) is 0 Å². The van der Waals surface area contributed by atoms with E-state index >= 15 is 0 Å². The molecule has 0 radical (unpaired) electrons. The number of hydrogen-bond donors (Lipinski definition) is 3. The Balaban J connectivity index is 0. The summed E-state index contributed by atoms with van der Waals surface area (Å²) in [6, 6.07) is -0.517. The molecule has 0 aliphatic rings. The van der Waals surface area contributed by atoms with Gasteiger partial charge in [-0.2, -0.15) is 0 Å². The Morgan fingerprint density at radius 3 is 2.08 bits per heavy atom. The third kappa shape index (κ3) is 8.02. The van der Waals surface area contributed by atoms with Gasteiger partial charge in [-0.25, -0.2) is 0 Å². The van der Waals surface area contributed by atoms with E-state index < -0.39 is 6.04 Å². The zero-order chi connectivity index (χ0) is 9.56. The highest BCUT2D eigenvalue weighted by molar-refractivity contribution is 5.85. The van der Waals surface area contributed by atoms with Crippen LogP contribution in [-0.2, 0) is 4.79 Å². The molecule has 0 spiro atoms. The molecule has 0 fully saturated rings. The molecule has 0 rings (SSSR count). The van der Waals surface area contributed by atoms with E-state index in [0.29, 0.717) is 12.3 Å². The zero-order valence-corrected chi connectivity index (χ0v) is 8.80. The summed E-state index contributed by atoms with van der Waals surface area (Å²) in [6.45, 7) is 3.43. The van der Waals surface area contributed by atoms with Crippen molar-refractivity contribution >= 4 is 18.3 Å². The SMILES string of the molecule is CC(C)CC(=O)NC(CO)CO.Cl. The molecule has 0 aromatic heterocycles. The largest absolute Gasteiger partial charge is 0.394 e. The second-order valence-corrected chi connectivity index (χ2v) is 3.23. The van der Waals surface area contributed by atoms with Gasteiger partial charge in [-0.05, 0) is 5.92 Å². The molecule has 0 atom stereocenters. The van der Waals surface area contributed by atoms with Crippen molar-refractivity contribution in [3.8, 4) is 0 Å². The van der Waals surface area contributed by atoms with Gasteiger partial charge < -0.3 is 15.5 Å². The molecule has 13 heavy (non-hydrogen) atoms. The van der Waals surface area contributed by atoms with Gasteiger partial charge >= 0.3 is 0 Å². The topological polar surface area (TPSA) is 69.6 Å². The number of amides is 1. The molecule has 5 heteroatoms. The Morgan fingerprint density at radius 1 is 1.31 bits per heavy atom. The Kier molecular flexibility index (Phi) is 9.67. The summed E-state index contributed by atoms with van der Waals surface area (Å²) in [6.07, 6.45) is 0.427. The third-order valence-electron chi connectivity index (χ3n) is 1.40. The summed E-state index contributed by atoms with van der Waals surface area (Å²) in [5, 5.41) is 19.8. The van der Waals surface area contributed by atoms with Crippen molar-refractivity contribution < 1.29 is 15.0 Å². The van der Waals surface area contributed by atoms with E-state index in [1.54, 1.807) is 0 Å². The van der Waals surface area contributed by atoms with E-state index in [2.05, 4.69) is 5.32 Å². The molecule has 0 bridgehead atoms. The first-order valence-electron chi connectivity index (χ1n) is 4.11. The Bertz CT molecular complexity index is 137. The summed E-state index contributed by atoms with van der Waals surface area (Å²) in [4.78, 5) is 11.0. The van der Waals surface area contributed by atoms with Crippen LogP contribution in [0.4, 0.5) is 0 Å². The first-order valence-corrected chi connectivity index (χ1v) is 4.11. The second-order valence-electron chi connectivity index (χ2n) is 3.23. The standard InChI is InChI=1S/C8H17NO3.ClH/c1-6(2)3-8(12)9-7(4-10)5-11;/h6-7,10-11H,3-5H2,1-2H3,(H,9,12);1H. The van der Waals surface area contributed by atoms with Crippen LogP contribution in [0.15, 0.2) is 0 Å². The predicted molar refractivity (Wildman–Crippen MR) is 52.8 cm³/mol. The first kappa shape index (κ1) is 15.2. The summed E-state index contributed by atoms with van der Waals surface area (Å²) < 4.78 is 0. The molecule has 0 saturated heterocycles. The van der Waals surface area contributed by atoms with Crippen LogP contribution in [-0.4, -0.2) is 35.4 Å². The maximum Gasteiger partial charge on any atom is 0.220 e. The molecule has 0 aliphatic carbocycles. The van der Waals surface area contributed by atoms with Crippen molar-refractivity contribution in [3.63, 3.8) is 0 Å². The van der Waals surface area contributed by atoms with E-state index in [1.165, 1.54) is 0 Å². The molecule has 3 N–H and O–H groups in total. The van der Waals surface area contributed by atoms with Gasteiger partial charge in [0.2, 0.25) is 5.91 Å². The maximum atomic E-state index is 11.0. The highest BCUT2D eigenvalue weighted by atomic mass is 35.5. The average Bonchev–Trinajstić information content (AvgIpc) is 1.98. The highest BCUT2D eigenvalue weighted by Gasteiger charge is 2.10. The molecule has 1 amide bonds. The van der Waals surface area contributed by atoms with E-state index in [-0.39, 0.29) is 31.5 Å². The van der Waals surface area contributed by atoms with Gasteiger partial charge in [-0.15, -0.1) is 12.4 Å². The Hall–Kier alpha value is -0.320. The van der Waals surface area contributed by atoms with E-state index in [1.807, 2.05) is 13.8 Å². The number of carbonyl (C=O) groups excluding carboxylic acids is 1. The molecule has 0 aromatic carbocycles. The predicted octanol–water partition coefficient (Wildman–Crippen LogP) is -0.0763. The number of nitrogens with one attached hydrogen (secondary N) is 1. The van der Waals surface area contributed by atoms with Gasteiger partial charge in [-0.3, -0.25) is 4.79 Å². The van der Waals surface area contributed by atoms with Crippen LogP contribution >= 0.6 is 12.4 Å². The Labute approximate surface area is 84.7 Å². The molecule has 0 saturated carbocycles. The molecule has 0 unspecified atom stereocenters. The minimum absolute atomic E-state index is 0. The minimum Gasteiger partial charge on any atom is -0.394 e. The van der Waals surface area contributed by atoms with Crippen molar-refractivity contribution in [2.45, 2.75) is 26.3 Å². The first-order chi connectivity index (χ1) is 5.60. The zero-order valence-electron chi connectivity index (χ0n) is 7.99. The van der Waals surface area contributed by atoms with Crippen LogP contribution in [0.1, 0.15) is 20.3 Å². The lowest BCUT2D eigenvalue weighted by molar-refractivity contribution is -0.123. The summed E-state index contributed by atoms with van der Waals surface area (Å²) in [5.74, 6) is 0.168. The van der Waals surface area contributed by atoms with Crippen LogP contribution in [0.5, 0.6) is 0 Å². The normalized spacial score (nSPS) is 10.0. The monoisotopic (exact) mass is 211 g/mol. The second kappa shape index (κ2) is 8.29. The molecule has 4 nitrogen and oxygen atoms in total.